The second-order valence-electron chi connectivity index (χ2n) is 7.21. The first kappa shape index (κ1) is 47.4. The van der Waals surface area contributed by atoms with Crippen LogP contribution in [-0.4, -0.2) is 289 Å². The van der Waals surface area contributed by atoms with Gasteiger partial charge in [-0.25, -0.2) is 0 Å². The van der Waals surface area contributed by atoms with Gasteiger partial charge >= 0.3 is 23.9 Å². The molecule has 0 amide bonds. The van der Waals surface area contributed by atoms with Crippen molar-refractivity contribution in [2.45, 2.75) is 0 Å². The largest absolute Gasteiger partial charge is 0.488 e. The molecular formula is C22H22Br2K4N2O10. The fraction of sp³-hybridized carbons (Fsp3) is 0.273. The minimum atomic E-state index is -1.22. The molecule has 40 heavy (non-hydrogen) atoms. The molecule has 198 valence electrons. The number of benzene rings is 2. The zero-order valence-corrected chi connectivity index (χ0v) is 38.3. The first-order valence-electron chi connectivity index (χ1n) is 10.2. The number of anilines is 2. The second kappa shape index (κ2) is 25.2. The van der Waals surface area contributed by atoms with Crippen molar-refractivity contribution in [3.05, 3.63) is 45.3 Å². The Labute approximate surface area is 417 Å². The third-order valence-corrected chi connectivity index (χ3v) is 5.41. The number of carbonyl (C=O) groups is 4. The summed E-state index contributed by atoms with van der Waals surface area (Å²) in [5, 5.41) is 36.6. The molecule has 0 aliphatic rings. The van der Waals surface area contributed by atoms with E-state index in [0.29, 0.717) is 8.95 Å². The van der Waals surface area contributed by atoms with Gasteiger partial charge in [0.15, 0.2) is 0 Å². The molecular weight excluding hydrogens is 768 g/mol. The van der Waals surface area contributed by atoms with Crippen LogP contribution in [-0.2, 0) is 19.2 Å². The van der Waals surface area contributed by atoms with Gasteiger partial charge in [0.25, 0.3) is 0 Å². The van der Waals surface area contributed by atoms with Crippen LogP contribution in [0.3, 0.4) is 0 Å². The van der Waals surface area contributed by atoms with E-state index in [-0.39, 0.29) is 242 Å². The van der Waals surface area contributed by atoms with Gasteiger partial charge in [0.1, 0.15) is 50.9 Å². The number of ether oxygens (including phenoxy) is 2. The zero-order valence-electron chi connectivity index (χ0n) is 22.6. The molecule has 0 saturated carbocycles. The van der Waals surface area contributed by atoms with E-state index in [0.717, 1.165) is 9.80 Å². The molecule has 0 fully saturated rings. The summed E-state index contributed by atoms with van der Waals surface area (Å²) in [4.78, 5) is 47.2. The normalized spacial score (nSPS) is 9.35. The summed E-state index contributed by atoms with van der Waals surface area (Å²) in [6.45, 7) is -2.37. The third-order valence-electron chi connectivity index (χ3n) is 4.43. The molecule has 2 rings (SSSR count). The molecule has 0 saturated heterocycles. The summed E-state index contributed by atoms with van der Waals surface area (Å²) in [6, 6.07) is 9.38. The van der Waals surface area contributed by atoms with E-state index in [1.807, 2.05) is 0 Å². The predicted octanol–water partition coefficient (Wildman–Crippen LogP) is 1.10. The third kappa shape index (κ3) is 18.2. The Morgan fingerprint density at radius 2 is 0.850 bits per heavy atom. The molecule has 0 aliphatic heterocycles. The van der Waals surface area contributed by atoms with Gasteiger partial charge in [0, 0.05) is 214 Å². The Morgan fingerprint density at radius 3 is 1.10 bits per heavy atom. The van der Waals surface area contributed by atoms with E-state index in [4.69, 9.17) is 29.9 Å². The first-order valence-corrected chi connectivity index (χ1v) is 11.8. The Balaban J connectivity index is -0.00000342. The molecule has 2 aromatic rings. The molecule has 12 nitrogen and oxygen atoms in total. The number of hydrogen-bond acceptors (Lipinski definition) is 8. The Kier molecular flexibility index (Phi) is 29.8. The van der Waals surface area contributed by atoms with Gasteiger partial charge < -0.3 is 39.7 Å². The van der Waals surface area contributed by atoms with Crippen LogP contribution in [0, 0.1) is 0 Å². The van der Waals surface area contributed by atoms with E-state index in [1.165, 1.54) is 12.1 Å². The number of hydrogen-bond donors (Lipinski definition) is 4. The molecule has 0 atom stereocenters. The average molecular weight is 791 g/mol. The summed E-state index contributed by atoms with van der Waals surface area (Å²) >= 11 is 6.59. The molecule has 4 N–H and O–H groups in total. The molecule has 0 unspecified atom stereocenters. The van der Waals surface area contributed by atoms with Gasteiger partial charge in [-0.15, -0.1) is 0 Å². The summed E-state index contributed by atoms with van der Waals surface area (Å²) in [5.74, 6) is -4.46. The number of carboxylic acids is 4. The number of halogens is 2. The van der Waals surface area contributed by atoms with Crippen molar-refractivity contribution in [2.75, 3.05) is 49.2 Å². The number of nitrogens with zero attached hydrogens (tertiary/aromatic N) is 2. The molecule has 4 radical (unpaired) electrons. The number of carboxylic acid groups (broad SMARTS) is 4. The minimum absolute atomic E-state index is 0. The molecule has 18 heteroatoms. The van der Waals surface area contributed by atoms with Crippen LogP contribution in [0.25, 0.3) is 0 Å². The van der Waals surface area contributed by atoms with Crippen LogP contribution in [0.4, 0.5) is 11.4 Å². The maximum atomic E-state index is 11.2. The fourth-order valence-electron chi connectivity index (χ4n) is 3.14. The standard InChI is InChI=1S/C22H22Br2N2O10.4K/c23-13-1-3-15(25(9-19(27)28)10-20(29)30)17(7-13)35-5-6-36-18-8-14(24)2-4-16(18)26(11-21(31)32)12-22(33)34;;;;/h1-4,7-8H,5-6,9-12H2,(H,27,28)(H,29,30)(H,31,32)(H,33,34);;;;. The molecule has 2 aromatic carbocycles. The van der Waals surface area contributed by atoms with Crippen LogP contribution in [0.5, 0.6) is 11.5 Å². The molecule has 0 aromatic heterocycles. The second-order valence-corrected chi connectivity index (χ2v) is 9.04. The van der Waals surface area contributed by atoms with E-state index in [1.54, 1.807) is 24.3 Å². The fourth-order valence-corrected chi connectivity index (χ4v) is 3.82. The van der Waals surface area contributed by atoms with Crippen molar-refractivity contribution in [2.24, 2.45) is 0 Å². The predicted molar refractivity (Wildman–Crippen MR) is 157 cm³/mol. The minimum Gasteiger partial charge on any atom is -0.488 e. The van der Waals surface area contributed by atoms with Crippen molar-refractivity contribution in [3.8, 4) is 11.5 Å². The van der Waals surface area contributed by atoms with Gasteiger partial charge in [-0.2, -0.15) is 0 Å². The zero-order chi connectivity index (χ0) is 26.8. The van der Waals surface area contributed by atoms with Gasteiger partial charge in [-0.1, -0.05) is 31.9 Å². The van der Waals surface area contributed by atoms with Crippen molar-refractivity contribution in [1.29, 1.82) is 0 Å². The van der Waals surface area contributed by atoms with E-state index >= 15 is 0 Å². The monoisotopic (exact) mass is 788 g/mol. The molecule has 0 bridgehead atoms. The SMILES string of the molecule is O=C(O)CN(CC(=O)O)c1ccc(Br)cc1OCCOc1cc(Br)ccc1N(CC(=O)O)CC(=O)O.[K].[K].[K].[K]. The van der Waals surface area contributed by atoms with Crippen LogP contribution >= 0.6 is 31.9 Å². The summed E-state index contributed by atoms with van der Waals surface area (Å²) in [6.07, 6.45) is 0. The number of rotatable bonds is 15. The smallest absolute Gasteiger partial charge is 0.323 e. The Bertz CT molecular complexity index is 1030. The van der Waals surface area contributed by atoms with E-state index in [9.17, 15) is 19.2 Å². The molecule has 0 heterocycles. The van der Waals surface area contributed by atoms with E-state index < -0.39 is 50.1 Å². The van der Waals surface area contributed by atoms with Gasteiger partial charge in [0.05, 0.1) is 11.4 Å². The topological polar surface area (TPSA) is 174 Å². The quantitative estimate of drug-likeness (QED) is 0.150. The van der Waals surface area contributed by atoms with Crippen LogP contribution in [0.2, 0.25) is 0 Å². The van der Waals surface area contributed by atoms with Gasteiger partial charge in [-0.3, -0.25) is 19.2 Å². The van der Waals surface area contributed by atoms with Gasteiger partial charge in [0.2, 0.25) is 0 Å². The van der Waals surface area contributed by atoms with Gasteiger partial charge in [-0.05, 0) is 36.4 Å². The average Bonchev–Trinajstić information content (AvgIpc) is 2.74. The number of aliphatic carboxylic acids is 4. The van der Waals surface area contributed by atoms with Crippen LogP contribution in [0.1, 0.15) is 0 Å². The van der Waals surface area contributed by atoms with Crippen molar-refractivity contribution >= 4 is 273 Å². The Hall–Kier alpha value is 3.03. The summed E-state index contributed by atoms with van der Waals surface area (Å²) in [5.41, 5.74) is 0.500. The van der Waals surface area contributed by atoms with Crippen molar-refractivity contribution < 1.29 is 49.1 Å². The maximum Gasteiger partial charge on any atom is 0.323 e. The molecule has 0 spiro atoms. The maximum absolute atomic E-state index is 11.2. The summed E-state index contributed by atoms with van der Waals surface area (Å²) < 4.78 is 12.7. The van der Waals surface area contributed by atoms with Crippen molar-refractivity contribution in [1.82, 2.24) is 0 Å². The first-order chi connectivity index (χ1) is 17.0. The van der Waals surface area contributed by atoms with Crippen LogP contribution < -0.4 is 19.3 Å². The van der Waals surface area contributed by atoms with E-state index in [2.05, 4.69) is 31.9 Å². The van der Waals surface area contributed by atoms with Crippen molar-refractivity contribution in [3.63, 3.8) is 0 Å². The Morgan fingerprint density at radius 1 is 0.575 bits per heavy atom. The van der Waals surface area contributed by atoms with Crippen LogP contribution in [0.15, 0.2) is 45.3 Å². The summed E-state index contributed by atoms with van der Waals surface area (Å²) in [7, 11) is 0. The molecule has 0 aliphatic carbocycles.